The maximum Gasteiger partial charge on any atom is 0.267 e. The zero-order chi connectivity index (χ0) is 15.8. The molecule has 1 fully saturated rings. The van der Waals surface area contributed by atoms with Gasteiger partial charge in [-0.05, 0) is 42.3 Å². The van der Waals surface area contributed by atoms with E-state index in [4.69, 9.17) is 0 Å². The molecule has 0 atom stereocenters. The third-order valence-corrected chi connectivity index (χ3v) is 5.14. The lowest BCUT2D eigenvalue weighted by atomic mass is 10.2. The summed E-state index contributed by atoms with van der Waals surface area (Å²) in [6.45, 7) is 1.09. The molecule has 4 rings (SSSR count). The van der Waals surface area contributed by atoms with Crippen LogP contribution in [0.2, 0.25) is 0 Å². The molecule has 1 amide bonds. The van der Waals surface area contributed by atoms with Crippen LogP contribution in [0.15, 0.2) is 41.8 Å². The summed E-state index contributed by atoms with van der Waals surface area (Å²) in [6.07, 6.45) is 2.40. The maximum absolute atomic E-state index is 14.0. The predicted octanol–water partition coefficient (Wildman–Crippen LogP) is 4.03. The number of nitrogens with one attached hydrogen (secondary N) is 1. The van der Waals surface area contributed by atoms with Gasteiger partial charge in [-0.2, -0.15) is 0 Å². The van der Waals surface area contributed by atoms with E-state index in [1.165, 1.54) is 18.9 Å². The molecule has 0 unspecified atom stereocenters. The van der Waals surface area contributed by atoms with Crippen molar-refractivity contribution >= 4 is 27.5 Å². The van der Waals surface area contributed by atoms with Crippen molar-refractivity contribution in [3.63, 3.8) is 0 Å². The van der Waals surface area contributed by atoms with Crippen LogP contribution < -0.4 is 5.32 Å². The number of fused-ring (bicyclic) bond motifs is 1. The maximum atomic E-state index is 14.0. The number of amides is 1. The Morgan fingerprint density at radius 3 is 2.91 bits per heavy atom. The van der Waals surface area contributed by atoms with Crippen molar-refractivity contribution in [2.45, 2.75) is 19.4 Å². The third kappa shape index (κ3) is 2.88. The molecule has 0 aliphatic heterocycles. The summed E-state index contributed by atoms with van der Waals surface area (Å²) < 4.78 is 17.0. The fourth-order valence-electron chi connectivity index (χ4n) is 2.78. The summed E-state index contributed by atoms with van der Waals surface area (Å²) in [5, 5.41) is 5.00. The van der Waals surface area contributed by atoms with Gasteiger partial charge in [0.15, 0.2) is 0 Å². The third-order valence-electron chi connectivity index (χ3n) is 4.29. The molecule has 1 N–H and O–H groups in total. The number of hydrogen-bond donors (Lipinski definition) is 1. The summed E-state index contributed by atoms with van der Waals surface area (Å²) in [7, 11) is 0. The van der Waals surface area contributed by atoms with Gasteiger partial charge in [-0.25, -0.2) is 4.39 Å². The van der Waals surface area contributed by atoms with Crippen molar-refractivity contribution < 1.29 is 9.18 Å². The van der Waals surface area contributed by atoms with Crippen LogP contribution in [0.4, 0.5) is 4.39 Å². The quantitative estimate of drug-likeness (QED) is 0.754. The molecule has 2 aromatic heterocycles. The highest BCUT2D eigenvalue weighted by molar-refractivity contribution is 7.17. The van der Waals surface area contributed by atoms with E-state index >= 15 is 0 Å². The Morgan fingerprint density at radius 1 is 1.30 bits per heavy atom. The second-order valence-electron chi connectivity index (χ2n) is 6.03. The average molecular weight is 328 g/mol. The lowest BCUT2D eigenvalue weighted by molar-refractivity contribution is 0.0943. The Morgan fingerprint density at radius 2 is 2.13 bits per heavy atom. The molecule has 0 saturated heterocycles. The second kappa shape index (κ2) is 5.81. The van der Waals surface area contributed by atoms with E-state index in [9.17, 15) is 9.18 Å². The number of thiophene rings is 1. The number of benzene rings is 1. The lowest BCUT2D eigenvalue weighted by Gasteiger charge is -2.11. The molecule has 3 aromatic rings. The molecule has 1 aliphatic carbocycles. The van der Waals surface area contributed by atoms with Crippen molar-refractivity contribution in [1.29, 1.82) is 0 Å². The summed E-state index contributed by atoms with van der Waals surface area (Å²) in [4.78, 5) is 12.5. The highest BCUT2D eigenvalue weighted by Crippen LogP contribution is 2.29. The van der Waals surface area contributed by atoms with E-state index in [0.29, 0.717) is 23.7 Å². The molecule has 118 valence electrons. The standard InChI is InChI=1S/C18H17FN2OS/c19-14-4-2-1-3-13(14)11-21-15-7-8-23-17(15)9-16(21)18(22)20-10-12-5-6-12/h1-4,7-9,12H,5-6,10-11H2,(H,20,22). The lowest BCUT2D eigenvalue weighted by Crippen LogP contribution is -2.28. The Kier molecular flexibility index (Phi) is 3.65. The van der Waals surface area contributed by atoms with Gasteiger partial charge in [-0.1, -0.05) is 18.2 Å². The minimum Gasteiger partial charge on any atom is -0.350 e. The Balaban J connectivity index is 1.68. The predicted molar refractivity (Wildman–Crippen MR) is 90.4 cm³/mol. The first-order valence-electron chi connectivity index (χ1n) is 7.80. The molecule has 1 aromatic carbocycles. The van der Waals surface area contributed by atoms with Gasteiger partial charge >= 0.3 is 0 Å². The van der Waals surface area contributed by atoms with E-state index in [2.05, 4.69) is 5.32 Å². The molecular weight excluding hydrogens is 311 g/mol. The minimum absolute atomic E-state index is 0.0726. The van der Waals surface area contributed by atoms with Gasteiger partial charge in [0.05, 0.1) is 16.8 Å². The molecule has 2 heterocycles. The Hall–Kier alpha value is -2.14. The van der Waals surface area contributed by atoms with Gasteiger partial charge < -0.3 is 9.88 Å². The zero-order valence-corrected chi connectivity index (χ0v) is 13.4. The topological polar surface area (TPSA) is 34.0 Å². The molecular formula is C18H17FN2OS. The van der Waals surface area contributed by atoms with Crippen LogP contribution in [0.3, 0.4) is 0 Å². The van der Waals surface area contributed by atoms with Crippen LogP contribution in [0, 0.1) is 11.7 Å². The van der Waals surface area contributed by atoms with Crippen molar-refractivity contribution in [1.82, 2.24) is 9.88 Å². The molecule has 0 spiro atoms. The molecule has 5 heteroatoms. The zero-order valence-electron chi connectivity index (χ0n) is 12.6. The first-order chi connectivity index (χ1) is 11.2. The van der Waals surface area contributed by atoms with Crippen molar-refractivity contribution in [3.8, 4) is 0 Å². The summed E-state index contributed by atoms with van der Waals surface area (Å²) >= 11 is 1.60. The number of rotatable bonds is 5. The van der Waals surface area contributed by atoms with Crippen LogP contribution in [0.1, 0.15) is 28.9 Å². The fourth-order valence-corrected chi connectivity index (χ4v) is 3.60. The number of carbonyl (C=O) groups is 1. The summed E-state index contributed by atoms with van der Waals surface area (Å²) in [6, 6.07) is 10.6. The number of aromatic nitrogens is 1. The van der Waals surface area contributed by atoms with Gasteiger partial charge in [0.1, 0.15) is 11.5 Å². The highest BCUT2D eigenvalue weighted by Gasteiger charge is 2.23. The van der Waals surface area contributed by atoms with E-state index < -0.39 is 0 Å². The first-order valence-corrected chi connectivity index (χ1v) is 8.68. The Labute approximate surface area is 137 Å². The average Bonchev–Trinajstić information content (AvgIpc) is 3.16. The van der Waals surface area contributed by atoms with Crippen LogP contribution in [0.5, 0.6) is 0 Å². The number of nitrogens with zero attached hydrogens (tertiary/aromatic N) is 1. The van der Waals surface area contributed by atoms with E-state index in [0.717, 1.165) is 16.8 Å². The first kappa shape index (κ1) is 14.5. The van der Waals surface area contributed by atoms with Crippen molar-refractivity contribution in [3.05, 3.63) is 58.9 Å². The molecule has 0 radical (unpaired) electrons. The van der Waals surface area contributed by atoms with Gasteiger partial charge in [-0.15, -0.1) is 11.3 Å². The van der Waals surface area contributed by atoms with Crippen LogP contribution in [-0.4, -0.2) is 17.0 Å². The Bertz CT molecular complexity index is 863. The van der Waals surface area contributed by atoms with Crippen LogP contribution in [-0.2, 0) is 6.54 Å². The molecule has 1 saturated carbocycles. The molecule has 23 heavy (non-hydrogen) atoms. The normalized spacial score (nSPS) is 14.3. The molecule has 1 aliphatic rings. The number of halogens is 1. The van der Waals surface area contributed by atoms with Crippen LogP contribution >= 0.6 is 11.3 Å². The molecule has 0 bridgehead atoms. The smallest absolute Gasteiger partial charge is 0.267 e. The largest absolute Gasteiger partial charge is 0.350 e. The van der Waals surface area contributed by atoms with Gasteiger partial charge in [0.25, 0.3) is 5.91 Å². The van der Waals surface area contributed by atoms with E-state index in [1.807, 2.05) is 28.1 Å². The van der Waals surface area contributed by atoms with Crippen molar-refractivity contribution in [2.24, 2.45) is 5.92 Å². The van der Waals surface area contributed by atoms with E-state index in [1.54, 1.807) is 23.5 Å². The SMILES string of the molecule is O=C(NCC1CC1)c1cc2sccc2n1Cc1ccccc1F. The highest BCUT2D eigenvalue weighted by atomic mass is 32.1. The molecule has 3 nitrogen and oxygen atoms in total. The van der Waals surface area contributed by atoms with Crippen molar-refractivity contribution in [2.75, 3.05) is 6.54 Å². The van der Waals surface area contributed by atoms with Gasteiger partial charge in [0.2, 0.25) is 0 Å². The van der Waals surface area contributed by atoms with Gasteiger partial charge in [-0.3, -0.25) is 4.79 Å². The number of hydrogen-bond acceptors (Lipinski definition) is 2. The second-order valence-corrected chi connectivity index (χ2v) is 6.98. The minimum atomic E-state index is -0.242. The summed E-state index contributed by atoms with van der Waals surface area (Å²) in [5.74, 6) is 0.320. The van der Waals surface area contributed by atoms with Gasteiger partial charge in [0, 0.05) is 12.1 Å². The fraction of sp³-hybridized carbons (Fsp3) is 0.278. The monoisotopic (exact) mass is 328 g/mol. The number of carbonyl (C=O) groups excluding carboxylic acids is 1. The van der Waals surface area contributed by atoms with E-state index in [-0.39, 0.29) is 11.7 Å². The summed E-state index contributed by atoms with van der Waals surface area (Å²) in [5.41, 5.74) is 2.18. The van der Waals surface area contributed by atoms with Crippen LogP contribution in [0.25, 0.3) is 10.2 Å².